The molecule has 2 N–H and O–H groups in total. The number of thiocarbonyl (C=S) groups is 1. The number of aromatic nitrogens is 2. The quantitative estimate of drug-likeness (QED) is 0.479. The summed E-state index contributed by atoms with van der Waals surface area (Å²) in [7, 11) is 0. The molecule has 2 aliphatic heterocycles. The average molecular weight is 476 g/mol. The lowest BCUT2D eigenvalue weighted by Gasteiger charge is -2.29. The second-order valence-electron chi connectivity index (χ2n) is 8.70. The van der Waals surface area contributed by atoms with Gasteiger partial charge < -0.3 is 24.8 Å². The zero-order chi connectivity index (χ0) is 23.3. The van der Waals surface area contributed by atoms with Crippen LogP contribution in [0.4, 0.5) is 5.69 Å². The molecular weight excluding hydrogens is 446 g/mol. The second kappa shape index (κ2) is 10.4. The summed E-state index contributed by atoms with van der Waals surface area (Å²) in [4.78, 5) is 19.4. The number of rotatable bonds is 8. The summed E-state index contributed by atoms with van der Waals surface area (Å²) >= 11 is 5.76. The first-order chi connectivity index (χ1) is 16.7. The first-order valence-corrected chi connectivity index (χ1v) is 12.2. The van der Waals surface area contributed by atoms with Gasteiger partial charge in [0.2, 0.25) is 5.91 Å². The molecule has 1 aromatic carbocycles. The van der Waals surface area contributed by atoms with E-state index in [1.807, 2.05) is 48.5 Å². The minimum Gasteiger partial charge on any atom is -0.376 e. The van der Waals surface area contributed by atoms with Crippen LogP contribution < -0.4 is 10.6 Å². The summed E-state index contributed by atoms with van der Waals surface area (Å²) in [6.45, 7) is 2.14. The zero-order valence-corrected chi connectivity index (χ0v) is 19.8. The van der Waals surface area contributed by atoms with Crippen molar-refractivity contribution in [2.24, 2.45) is 0 Å². The molecule has 0 saturated carbocycles. The van der Waals surface area contributed by atoms with Crippen molar-refractivity contribution in [2.45, 2.75) is 44.0 Å². The van der Waals surface area contributed by atoms with E-state index in [-0.39, 0.29) is 24.1 Å². The largest absolute Gasteiger partial charge is 0.376 e. The number of carbonyl (C=O) groups excluding carboxylic acids is 1. The molecule has 8 heteroatoms. The minimum absolute atomic E-state index is 0.0382. The molecule has 7 nitrogen and oxygen atoms in total. The number of para-hydroxylation sites is 1. The summed E-state index contributed by atoms with van der Waals surface area (Å²) < 4.78 is 8.16. The predicted octanol–water partition coefficient (Wildman–Crippen LogP) is 4.06. The van der Waals surface area contributed by atoms with E-state index >= 15 is 0 Å². The van der Waals surface area contributed by atoms with E-state index in [2.05, 4.69) is 43.4 Å². The molecular formula is C26H29N5O2S. The standard InChI is InChI=1S/C26H29N5O2S/c32-23(28-19-8-2-1-3-9-19)13-16-31-25(24(29-26(31)34)21-11-4-5-14-27-21)22-12-6-15-30(22)18-20-10-7-17-33-20/h1-6,8-9,11-12,14-15,20,24-25H,7,10,13,16-18H2,(H,28,32)(H,29,34)/t20-,24+,25-/m0/s1. The van der Waals surface area contributed by atoms with Crippen molar-refractivity contribution in [2.75, 3.05) is 18.5 Å². The van der Waals surface area contributed by atoms with Crippen molar-refractivity contribution >= 4 is 28.9 Å². The van der Waals surface area contributed by atoms with Gasteiger partial charge in [-0.15, -0.1) is 0 Å². The van der Waals surface area contributed by atoms with Crippen LogP contribution in [0.25, 0.3) is 0 Å². The topological polar surface area (TPSA) is 71.4 Å². The molecule has 2 aliphatic rings. The molecule has 4 heterocycles. The normalized spacial score (nSPS) is 22.1. The molecule has 3 atom stereocenters. The SMILES string of the molecule is O=C(CCN1C(=S)N[C@H](c2ccccn2)[C@@H]1c1cccn1C[C@@H]1CCCO1)Nc1ccccc1. The number of nitrogens with one attached hydrogen (secondary N) is 2. The van der Waals surface area contributed by atoms with Crippen LogP contribution in [0.5, 0.6) is 0 Å². The Kier molecular flexibility index (Phi) is 6.87. The van der Waals surface area contributed by atoms with Crippen molar-refractivity contribution < 1.29 is 9.53 Å². The fraction of sp³-hybridized carbons (Fsp3) is 0.346. The molecule has 1 amide bonds. The Labute approximate surface area is 205 Å². The molecule has 3 aromatic rings. The van der Waals surface area contributed by atoms with Crippen LogP contribution in [0.15, 0.2) is 73.1 Å². The Bertz CT molecular complexity index is 1110. The maximum absolute atomic E-state index is 12.7. The number of pyridine rings is 1. The molecule has 0 unspecified atom stereocenters. The van der Waals surface area contributed by atoms with E-state index in [0.29, 0.717) is 18.1 Å². The maximum atomic E-state index is 12.7. The number of benzene rings is 1. The minimum atomic E-state index is -0.107. The summed E-state index contributed by atoms with van der Waals surface area (Å²) in [5.41, 5.74) is 2.86. The van der Waals surface area contributed by atoms with Crippen molar-refractivity contribution in [1.82, 2.24) is 19.8 Å². The van der Waals surface area contributed by atoms with E-state index in [1.54, 1.807) is 6.20 Å². The third-order valence-corrected chi connectivity index (χ3v) is 6.78. The molecule has 2 fully saturated rings. The van der Waals surface area contributed by atoms with Gasteiger partial charge in [-0.25, -0.2) is 0 Å². The van der Waals surface area contributed by atoms with E-state index in [1.165, 1.54) is 0 Å². The van der Waals surface area contributed by atoms with Gasteiger partial charge in [0.25, 0.3) is 0 Å². The number of nitrogens with zero attached hydrogens (tertiary/aromatic N) is 3. The average Bonchev–Trinajstić information content (AvgIpc) is 3.60. The van der Waals surface area contributed by atoms with E-state index in [4.69, 9.17) is 17.0 Å². The molecule has 34 heavy (non-hydrogen) atoms. The van der Waals surface area contributed by atoms with E-state index in [0.717, 1.165) is 43.1 Å². The number of amides is 1. The van der Waals surface area contributed by atoms with Gasteiger partial charge in [0.05, 0.1) is 23.9 Å². The van der Waals surface area contributed by atoms with E-state index < -0.39 is 0 Å². The van der Waals surface area contributed by atoms with Crippen LogP contribution in [0, 0.1) is 0 Å². The van der Waals surface area contributed by atoms with Crippen molar-refractivity contribution in [1.29, 1.82) is 0 Å². The fourth-order valence-electron chi connectivity index (χ4n) is 4.80. The Balaban J connectivity index is 1.38. The molecule has 176 valence electrons. The van der Waals surface area contributed by atoms with Crippen molar-refractivity contribution in [3.63, 3.8) is 0 Å². The lowest BCUT2D eigenvalue weighted by atomic mass is 10.0. The molecule has 2 aromatic heterocycles. The van der Waals surface area contributed by atoms with Crippen LogP contribution in [0.1, 0.15) is 42.7 Å². The molecule has 2 saturated heterocycles. The molecule has 0 radical (unpaired) electrons. The summed E-state index contributed by atoms with van der Waals surface area (Å²) in [6, 6.07) is 19.5. The zero-order valence-electron chi connectivity index (χ0n) is 19.0. The monoisotopic (exact) mass is 475 g/mol. The van der Waals surface area contributed by atoms with Gasteiger partial charge in [0.1, 0.15) is 0 Å². The lowest BCUT2D eigenvalue weighted by molar-refractivity contribution is -0.116. The highest BCUT2D eigenvalue weighted by atomic mass is 32.1. The highest BCUT2D eigenvalue weighted by molar-refractivity contribution is 7.80. The van der Waals surface area contributed by atoms with Gasteiger partial charge in [-0.1, -0.05) is 24.3 Å². The van der Waals surface area contributed by atoms with Crippen molar-refractivity contribution in [3.05, 3.63) is 84.4 Å². The number of hydrogen-bond acceptors (Lipinski definition) is 4. The first-order valence-electron chi connectivity index (χ1n) is 11.8. The third kappa shape index (κ3) is 4.98. The van der Waals surface area contributed by atoms with Gasteiger partial charge in [-0.05, 0) is 61.5 Å². The van der Waals surface area contributed by atoms with Crippen LogP contribution >= 0.6 is 12.2 Å². The van der Waals surface area contributed by atoms with Gasteiger partial charge in [-0.2, -0.15) is 0 Å². The van der Waals surface area contributed by atoms with Gasteiger partial charge in [-0.3, -0.25) is 9.78 Å². The number of anilines is 1. The highest BCUT2D eigenvalue weighted by Crippen LogP contribution is 2.39. The summed E-state index contributed by atoms with van der Waals surface area (Å²) in [5.74, 6) is -0.0382. The Morgan fingerprint density at radius 2 is 2.00 bits per heavy atom. The molecule has 0 aliphatic carbocycles. The van der Waals surface area contributed by atoms with Crippen LogP contribution in [0.3, 0.4) is 0 Å². The molecule has 5 rings (SSSR count). The number of hydrogen-bond donors (Lipinski definition) is 2. The number of carbonyl (C=O) groups is 1. The summed E-state index contributed by atoms with van der Waals surface area (Å²) in [5, 5.41) is 7.08. The van der Waals surface area contributed by atoms with Crippen LogP contribution in [-0.2, 0) is 16.1 Å². The molecule has 0 bridgehead atoms. The lowest BCUT2D eigenvalue weighted by Crippen LogP contribution is -2.33. The van der Waals surface area contributed by atoms with Gasteiger partial charge in [0, 0.05) is 49.9 Å². The highest BCUT2D eigenvalue weighted by Gasteiger charge is 2.41. The van der Waals surface area contributed by atoms with Crippen molar-refractivity contribution in [3.8, 4) is 0 Å². The number of ether oxygens (including phenoxy) is 1. The smallest absolute Gasteiger partial charge is 0.226 e. The Morgan fingerprint density at radius 1 is 1.15 bits per heavy atom. The maximum Gasteiger partial charge on any atom is 0.226 e. The fourth-order valence-corrected chi connectivity index (χ4v) is 5.14. The Hall–Kier alpha value is -3.23. The van der Waals surface area contributed by atoms with E-state index in [9.17, 15) is 4.79 Å². The van der Waals surface area contributed by atoms with Gasteiger partial charge >= 0.3 is 0 Å². The second-order valence-corrected chi connectivity index (χ2v) is 9.09. The Morgan fingerprint density at radius 3 is 2.76 bits per heavy atom. The molecule has 0 spiro atoms. The summed E-state index contributed by atoms with van der Waals surface area (Å²) in [6.07, 6.45) is 6.65. The van der Waals surface area contributed by atoms with Gasteiger partial charge in [0.15, 0.2) is 5.11 Å². The predicted molar refractivity (Wildman–Crippen MR) is 135 cm³/mol. The third-order valence-electron chi connectivity index (χ3n) is 6.43. The first kappa shape index (κ1) is 22.6. The van der Waals surface area contributed by atoms with Crippen LogP contribution in [0.2, 0.25) is 0 Å². The van der Waals surface area contributed by atoms with Crippen LogP contribution in [-0.4, -0.2) is 44.7 Å².